The summed E-state index contributed by atoms with van der Waals surface area (Å²) in [5.41, 5.74) is 5.18. The molecule has 0 aromatic carbocycles. The summed E-state index contributed by atoms with van der Waals surface area (Å²) in [6.07, 6.45) is 5.50. The second kappa shape index (κ2) is 6.90. The number of rotatable bonds is 7. The number of amides is 1. The molecule has 3 unspecified atom stereocenters. The first-order chi connectivity index (χ1) is 9.18. The Hall–Kier alpha value is -0.610. The van der Waals surface area contributed by atoms with Crippen LogP contribution in [0.2, 0.25) is 0 Å². The maximum absolute atomic E-state index is 11.4. The summed E-state index contributed by atoms with van der Waals surface area (Å²) in [7, 11) is 1.77. The van der Waals surface area contributed by atoms with E-state index < -0.39 is 5.54 Å². The zero-order valence-electron chi connectivity index (χ0n) is 13.8. The fourth-order valence-electron chi connectivity index (χ4n) is 3.43. The Kier molecular flexibility index (Phi) is 6.02. The van der Waals surface area contributed by atoms with E-state index in [9.17, 15) is 4.79 Å². The molecule has 1 aliphatic carbocycles. The van der Waals surface area contributed by atoms with E-state index in [0.29, 0.717) is 24.5 Å². The number of likely N-dealkylation sites (N-methyl/N-ethyl adjacent to an activating group) is 1. The van der Waals surface area contributed by atoms with E-state index in [1.54, 1.807) is 7.05 Å². The number of nitrogens with two attached hydrogens (primary N) is 1. The smallest absolute Gasteiger partial charge is 0.237 e. The van der Waals surface area contributed by atoms with Crippen molar-refractivity contribution in [2.75, 3.05) is 13.7 Å². The molecule has 4 nitrogen and oxygen atoms in total. The van der Waals surface area contributed by atoms with Gasteiger partial charge in [0.1, 0.15) is 0 Å². The van der Waals surface area contributed by atoms with E-state index in [1.165, 1.54) is 6.42 Å². The highest BCUT2D eigenvalue weighted by atomic mass is 16.5. The number of ether oxygens (including phenoxy) is 1. The minimum Gasteiger partial charge on any atom is -0.378 e. The molecule has 1 rings (SSSR count). The third kappa shape index (κ3) is 5.06. The Morgan fingerprint density at radius 3 is 2.60 bits per heavy atom. The van der Waals surface area contributed by atoms with Crippen molar-refractivity contribution in [3.63, 3.8) is 0 Å². The van der Waals surface area contributed by atoms with Gasteiger partial charge >= 0.3 is 0 Å². The lowest BCUT2D eigenvalue weighted by Gasteiger charge is -2.39. The van der Waals surface area contributed by atoms with E-state index in [4.69, 9.17) is 10.5 Å². The van der Waals surface area contributed by atoms with Crippen molar-refractivity contribution in [2.24, 2.45) is 17.1 Å². The molecular weight excluding hydrogens is 252 g/mol. The lowest BCUT2D eigenvalue weighted by molar-refractivity contribution is -0.124. The van der Waals surface area contributed by atoms with E-state index in [0.717, 1.165) is 25.2 Å². The van der Waals surface area contributed by atoms with Gasteiger partial charge in [0.25, 0.3) is 0 Å². The maximum Gasteiger partial charge on any atom is 0.237 e. The van der Waals surface area contributed by atoms with Crippen LogP contribution in [-0.4, -0.2) is 31.2 Å². The molecular formula is C16H32N2O2. The predicted octanol–water partition coefficient (Wildman–Crippen LogP) is 2.46. The van der Waals surface area contributed by atoms with Crippen LogP contribution in [0.3, 0.4) is 0 Å². The molecule has 0 saturated heterocycles. The van der Waals surface area contributed by atoms with Gasteiger partial charge in [0.2, 0.25) is 5.91 Å². The molecule has 1 fully saturated rings. The SMILES string of the molecule is CNC(C)(CCCOC1CC(C)CC(C)(C)C1)C(N)=O. The number of hydrogen-bond donors (Lipinski definition) is 2. The second-order valence-electron chi connectivity index (χ2n) is 7.46. The fourth-order valence-corrected chi connectivity index (χ4v) is 3.43. The van der Waals surface area contributed by atoms with E-state index in [-0.39, 0.29) is 5.91 Å². The first-order valence-corrected chi connectivity index (χ1v) is 7.79. The molecule has 0 aliphatic heterocycles. The van der Waals surface area contributed by atoms with Crippen LogP contribution in [0.15, 0.2) is 0 Å². The molecule has 0 heterocycles. The molecule has 118 valence electrons. The van der Waals surface area contributed by atoms with Crippen LogP contribution in [0.5, 0.6) is 0 Å². The van der Waals surface area contributed by atoms with E-state index in [1.807, 2.05) is 6.92 Å². The van der Waals surface area contributed by atoms with Gasteiger partial charge in [-0.3, -0.25) is 4.79 Å². The quantitative estimate of drug-likeness (QED) is 0.706. The summed E-state index contributed by atoms with van der Waals surface area (Å²) in [4.78, 5) is 11.4. The molecule has 3 N–H and O–H groups in total. The molecule has 0 aromatic heterocycles. The molecule has 1 saturated carbocycles. The highest BCUT2D eigenvalue weighted by molar-refractivity contribution is 5.84. The van der Waals surface area contributed by atoms with Crippen LogP contribution in [-0.2, 0) is 9.53 Å². The molecule has 1 aliphatic rings. The Morgan fingerprint density at radius 1 is 1.45 bits per heavy atom. The second-order valence-corrected chi connectivity index (χ2v) is 7.46. The lowest BCUT2D eigenvalue weighted by Crippen LogP contribution is -2.51. The summed E-state index contributed by atoms with van der Waals surface area (Å²) < 4.78 is 6.03. The first kappa shape index (κ1) is 17.4. The first-order valence-electron chi connectivity index (χ1n) is 7.79. The Balaban J connectivity index is 2.32. The molecule has 4 heteroatoms. The zero-order chi connectivity index (χ0) is 15.4. The van der Waals surface area contributed by atoms with Gasteiger partial charge in [0, 0.05) is 6.61 Å². The largest absolute Gasteiger partial charge is 0.378 e. The number of carbonyl (C=O) groups is 1. The average molecular weight is 284 g/mol. The van der Waals surface area contributed by atoms with Crippen molar-refractivity contribution in [3.05, 3.63) is 0 Å². The van der Waals surface area contributed by atoms with Crippen molar-refractivity contribution in [1.82, 2.24) is 5.32 Å². The van der Waals surface area contributed by atoms with Crippen LogP contribution in [0, 0.1) is 11.3 Å². The van der Waals surface area contributed by atoms with Gasteiger partial charge in [-0.15, -0.1) is 0 Å². The maximum atomic E-state index is 11.4. The van der Waals surface area contributed by atoms with Crippen molar-refractivity contribution in [3.8, 4) is 0 Å². The van der Waals surface area contributed by atoms with E-state index >= 15 is 0 Å². The van der Waals surface area contributed by atoms with Gasteiger partial charge in [-0.25, -0.2) is 0 Å². The highest BCUT2D eigenvalue weighted by Crippen LogP contribution is 2.39. The Bertz CT molecular complexity index is 330. The number of carbonyl (C=O) groups excluding carboxylic acids is 1. The number of hydrogen-bond acceptors (Lipinski definition) is 3. The molecule has 0 spiro atoms. The molecule has 0 bridgehead atoms. The molecule has 0 aromatic rings. The number of primary amides is 1. The van der Waals surface area contributed by atoms with Crippen LogP contribution in [0.1, 0.15) is 59.8 Å². The molecule has 20 heavy (non-hydrogen) atoms. The van der Waals surface area contributed by atoms with Crippen LogP contribution in [0.4, 0.5) is 0 Å². The van der Waals surface area contributed by atoms with Crippen molar-refractivity contribution < 1.29 is 9.53 Å². The third-order valence-electron chi connectivity index (χ3n) is 4.62. The summed E-state index contributed by atoms with van der Waals surface area (Å²) in [5.74, 6) is 0.435. The predicted molar refractivity (Wildman–Crippen MR) is 82.4 cm³/mol. The number of nitrogens with one attached hydrogen (secondary N) is 1. The van der Waals surface area contributed by atoms with Gasteiger partial charge in [0.05, 0.1) is 11.6 Å². The van der Waals surface area contributed by atoms with E-state index in [2.05, 4.69) is 26.1 Å². The third-order valence-corrected chi connectivity index (χ3v) is 4.62. The normalized spacial score (nSPS) is 28.9. The molecule has 0 radical (unpaired) electrons. The summed E-state index contributed by atoms with van der Waals surface area (Å²) >= 11 is 0. The Morgan fingerprint density at radius 2 is 2.10 bits per heavy atom. The van der Waals surface area contributed by atoms with Crippen molar-refractivity contribution in [1.29, 1.82) is 0 Å². The van der Waals surface area contributed by atoms with Crippen LogP contribution >= 0.6 is 0 Å². The average Bonchev–Trinajstić information content (AvgIpc) is 2.31. The van der Waals surface area contributed by atoms with Gasteiger partial charge in [-0.2, -0.15) is 0 Å². The van der Waals surface area contributed by atoms with Gasteiger partial charge < -0.3 is 15.8 Å². The Labute approximate surface area is 123 Å². The van der Waals surface area contributed by atoms with Gasteiger partial charge in [-0.05, 0) is 57.4 Å². The summed E-state index contributed by atoms with van der Waals surface area (Å²) in [6.45, 7) is 9.51. The fraction of sp³-hybridized carbons (Fsp3) is 0.938. The summed E-state index contributed by atoms with van der Waals surface area (Å²) in [6, 6.07) is 0. The highest BCUT2D eigenvalue weighted by Gasteiger charge is 2.33. The van der Waals surface area contributed by atoms with Crippen LogP contribution in [0.25, 0.3) is 0 Å². The summed E-state index contributed by atoms with van der Waals surface area (Å²) in [5, 5.41) is 3.01. The van der Waals surface area contributed by atoms with Crippen molar-refractivity contribution >= 4 is 5.91 Å². The topological polar surface area (TPSA) is 64.3 Å². The van der Waals surface area contributed by atoms with Crippen LogP contribution < -0.4 is 11.1 Å². The lowest BCUT2D eigenvalue weighted by atomic mass is 9.71. The standard InChI is InChI=1S/C16H32N2O2/c1-12-9-13(11-15(2,3)10-12)20-8-6-7-16(4,18-5)14(17)19/h12-13,18H,6-11H2,1-5H3,(H2,17,19). The minimum atomic E-state index is -0.623. The molecule has 3 atom stereocenters. The van der Waals surface area contributed by atoms with Gasteiger partial charge in [-0.1, -0.05) is 20.8 Å². The monoisotopic (exact) mass is 284 g/mol. The minimum absolute atomic E-state index is 0.299. The van der Waals surface area contributed by atoms with Crippen molar-refractivity contribution in [2.45, 2.75) is 71.4 Å². The zero-order valence-corrected chi connectivity index (χ0v) is 13.8. The molecule has 1 amide bonds. The van der Waals surface area contributed by atoms with Gasteiger partial charge in [0.15, 0.2) is 0 Å².